The van der Waals surface area contributed by atoms with Crippen LogP contribution in [0, 0.1) is 10.1 Å². The average Bonchev–Trinajstić information content (AvgIpc) is 2.28. The molecule has 0 aliphatic heterocycles. The number of halogens is 1. The number of ether oxygens (including phenoxy) is 2. The first-order valence-electron chi connectivity index (χ1n) is 5.16. The van der Waals surface area contributed by atoms with Gasteiger partial charge >= 0.3 is 11.7 Å². The summed E-state index contributed by atoms with van der Waals surface area (Å²) in [4.78, 5) is 21.5. The van der Waals surface area contributed by atoms with Crippen LogP contribution in [0.25, 0.3) is 0 Å². The van der Waals surface area contributed by atoms with Gasteiger partial charge in [-0.3, -0.25) is 14.9 Å². The second-order valence-corrected chi connectivity index (χ2v) is 3.78. The number of carbonyl (C=O) groups excluding carboxylic acids is 1. The number of nitro benzene ring substituents is 1. The number of benzene rings is 1. The normalized spacial score (nSPS) is 9.94. The third-order valence-electron chi connectivity index (χ3n) is 2.14. The molecule has 0 atom stereocenters. The van der Waals surface area contributed by atoms with Crippen LogP contribution in [0.5, 0.6) is 5.75 Å². The molecule has 6 nitrogen and oxygen atoms in total. The smallest absolute Gasteiger partial charge is 0.312 e. The molecule has 98 valence electrons. The highest BCUT2D eigenvalue weighted by Gasteiger charge is 2.20. The summed E-state index contributed by atoms with van der Waals surface area (Å²) in [5.41, 5.74) is 0.134. The Morgan fingerprint density at radius 1 is 1.50 bits per heavy atom. The summed E-state index contributed by atoms with van der Waals surface area (Å²) in [6.45, 7) is 1.94. The summed E-state index contributed by atoms with van der Waals surface area (Å²) in [5.74, 6) is -0.484. The van der Waals surface area contributed by atoms with Crippen LogP contribution in [0.4, 0.5) is 5.69 Å². The van der Waals surface area contributed by atoms with Crippen LogP contribution >= 0.6 is 11.6 Å². The van der Waals surface area contributed by atoms with Crippen molar-refractivity contribution in [3.05, 3.63) is 32.8 Å². The van der Waals surface area contributed by atoms with Gasteiger partial charge in [-0.15, -0.1) is 0 Å². The molecule has 7 heteroatoms. The molecule has 0 bridgehead atoms. The first-order valence-corrected chi connectivity index (χ1v) is 5.53. The van der Waals surface area contributed by atoms with E-state index in [1.807, 2.05) is 0 Å². The number of nitrogens with zero attached hydrogens (tertiary/aromatic N) is 1. The summed E-state index contributed by atoms with van der Waals surface area (Å²) in [7, 11) is 1.29. The summed E-state index contributed by atoms with van der Waals surface area (Å²) >= 11 is 5.86. The number of carbonyl (C=O) groups is 1. The van der Waals surface area contributed by atoms with Gasteiger partial charge in [-0.2, -0.15) is 0 Å². The Hall–Kier alpha value is -1.82. The van der Waals surface area contributed by atoms with E-state index in [0.29, 0.717) is 5.56 Å². The van der Waals surface area contributed by atoms with Crippen LogP contribution in [0.15, 0.2) is 12.1 Å². The monoisotopic (exact) mass is 273 g/mol. The minimum Gasteiger partial charge on any atom is -0.489 e. The van der Waals surface area contributed by atoms with Crippen LogP contribution in [0.1, 0.15) is 12.5 Å². The lowest BCUT2D eigenvalue weighted by Crippen LogP contribution is -2.08. The van der Waals surface area contributed by atoms with E-state index in [4.69, 9.17) is 21.1 Å². The van der Waals surface area contributed by atoms with E-state index in [-0.39, 0.29) is 29.5 Å². The Morgan fingerprint density at radius 3 is 2.67 bits per heavy atom. The number of nitro groups is 1. The summed E-state index contributed by atoms with van der Waals surface area (Å²) in [6, 6.07) is 2.70. The van der Waals surface area contributed by atoms with Gasteiger partial charge in [0.1, 0.15) is 0 Å². The fraction of sp³-hybridized carbons (Fsp3) is 0.364. The van der Waals surface area contributed by atoms with Gasteiger partial charge in [-0.05, 0) is 18.6 Å². The molecule has 0 N–H and O–H groups in total. The number of esters is 1. The molecule has 18 heavy (non-hydrogen) atoms. The van der Waals surface area contributed by atoms with Gasteiger partial charge in [0.2, 0.25) is 5.75 Å². The van der Waals surface area contributed by atoms with Crippen LogP contribution in [0.2, 0.25) is 5.02 Å². The Balaban J connectivity index is 3.09. The van der Waals surface area contributed by atoms with Crippen LogP contribution in [0.3, 0.4) is 0 Å². The predicted octanol–water partition coefficient (Wildman–Crippen LogP) is 2.36. The summed E-state index contributed by atoms with van der Waals surface area (Å²) in [6.07, 6.45) is -0.0710. The predicted molar refractivity (Wildman–Crippen MR) is 65.0 cm³/mol. The minimum absolute atomic E-state index is 0.0192. The SMILES string of the molecule is CCOC(=O)Cc1cc(Cl)c(OC)c([N+](=O)[O-])c1. The highest BCUT2D eigenvalue weighted by Crippen LogP contribution is 2.35. The third kappa shape index (κ3) is 3.33. The standard InChI is InChI=1S/C11H12ClNO5/c1-3-18-10(14)6-7-4-8(12)11(17-2)9(5-7)13(15)16/h4-5H,3,6H2,1-2H3. The average molecular weight is 274 g/mol. The molecule has 0 amide bonds. The van der Waals surface area contributed by atoms with Gasteiger partial charge in [0.25, 0.3) is 0 Å². The van der Waals surface area contributed by atoms with Crippen molar-refractivity contribution < 1.29 is 19.2 Å². The number of methoxy groups -OCH3 is 1. The topological polar surface area (TPSA) is 78.7 Å². The van der Waals surface area contributed by atoms with Gasteiger partial charge in [0, 0.05) is 6.07 Å². The molecule has 0 fully saturated rings. The molecule has 0 spiro atoms. The van der Waals surface area contributed by atoms with Crippen molar-refractivity contribution in [1.82, 2.24) is 0 Å². The van der Waals surface area contributed by atoms with Crippen LogP contribution in [-0.2, 0) is 16.0 Å². The molecule has 1 rings (SSSR count). The van der Waals surface area contributed by atoms with Gasteiger partial charge in [-0.1, -0.05) is 11.6 Å². The first kappa shape index (κ1) is 14.2. The van der Waals surface area contributed by atoms with E-state index in [1.54, 1.807) is 6.92 Å². The van der Waals surface area contributed by atoms with Crippen LogP contribution in [-0.4, -0.2) is 24.6 Å². The fourth-order valence-corrected chi connectivity index (χ4v) is 1.77. The highest BCUT2D eigenvalue weighted by atomic mass is 35.5. The molecular weight excluding hydrogens is 262 g/mol. The molecule has 0 aliphatic carbocycles. The van der Waals surface area contributed by atoms with E-state index in [9.17, 15) is 14.9 Å². The fourth-order valence-electron chi connectivity index (χ4n) is 1.45. The van der Waals surface area contributed by atoms with E-state index in [0.717, 1.165) is 0 Å². The van der Waals surface area contributed by atoms with Crippen molar-refractivity contribution in [3.8, 4) is 5.75 Å². The van der Waals surface area contributed by atoms with Crippen molar-refractivity contribution >= 4 is 23.3 Å². The summed E-state index contributed by atoms with van der Waals surface area (Å²) in [5, 5.41) is 10.9. The van der Waals surface area contributed by atoms with Crippen molar-refractivity contribution in [2.45, 2.75) is 13.3 Å². The second kappa shape index (κ2) is 6.20. The second-order valence-electron chi connectivity index (χ2n) is 3.37. The van der Waals surface area contributed by atoms with E-state index < -0.39 is 10.9 Å². The van der Waals surface area contributed by atoms with Crippen LogP contribution < -0.4 is 4.74 Å². The Bertz CT molecular complexity index is 475. The number of hydrogen-bond donors (Lipinski definition) is 0. The maximum Gasteiger partial charge on any atom is 0.312 e. The number of rotatable bonds is 5. The number of hydrogen-bond acceptors (Lipinski definition) is 5. The Kier molecular flexibility index (Phi) is 4.91. The highest BCUT2D eigenvalue weighted by molar-refractivity contribution is 6.32. The van der Waals surface area contributed by atoms with E-state index in [1.165, 1.54) is 19.2 Å². The zero-order chi connectivity index (χ0) is 13.7. The van der Waals surface area contributed by atoms with Gasteiger partial charge in [-0.25, -0.2) is 0 Å². The maximum atomic E-state index is 11.3. The Morgan fingerprint density at radius 2 is 2.17 bits per heavy atom. The zero-order valence-corrected chi connectivity index (χ0v) is 10.7. The van der Waals surface area contributed by atoms with Gasteiger partial charge < -0.3 is 9.47 Å². The molecule has 1 aromatic carbocycles. The lowest BCUT2D eigenvalue weighted by molar-refractivity contribution is -0.385. The molecule has 0 aromatic heterocycles. The minimum atomic E-state index is -0.612. The lowest BCUT2D eigenvalue weighted by Gasteiger charge is -2.07. The largest absolute Gasteiger partial charge is 0.489 e. The van der Waals surface area contributed by atoms with Crippen molar-refractivity contribution in [2.75, 3.05) is 13.7 Å². The molecule has 0 heterocycles. The molecule has 0 radical (unpaired) electrons. The van der Waals surface area contributed by atoms with Gasteiger partial charge in [0.15, 0.2) is 0 Å². The maximum absolute atomic E-state index is 11.3. The van der Waals surface area contributed by atoms with E-state index in [2.05, 4.69) is 0 Å². The first-order chi connectivity index (χ1) is 8.49. The molecule has 0 unspecified atom stereocenters. The lowest BCUT2D eigenvalue weighted by atomic mass is 10.1. The molecular formula is C11H12ClNO5. The van der Waals surface area contributed by atoms with Crippen molar-refractivity contribution in [2.24, 2.45) is 0 Å². The third-order valence-corrected chi connectivity index (χ3v) is 2.42. The molecule has 1 aromatic rings. The van der Waals surface area contributed by atoms with Crippen molar-refractivity contribution in [3.63, 3.8) is 0 Å². The zero-order valence-electron chi connectivity index (χ0n) is 9.94. The Labute approximate surface area is 109 Å². The summed E-state index contributed by atoms with van der Waals surface area (Å²) < 4.78 is 9.61. The van der Waals surface area contributed by atoms with E-state index >= 15 is 0 Å². The molecule has 0 aliphatic rings. The van der Waals surface area contributed by atoms with Crippen molar-refractivity contribution in [1.29, 1.82) is 0 Å². The molecule has 0 saturated heterocycles. The molecule has 0 saturated carbocycles. The van der Waals surface area contributed by atoms with Gasteiger partial charge in [0.05, 0.1) is 30.1 Å². The quantitative estimate of drug-likeness (QED) is 0.467.